The van der Waals surface area contributed by atoms with E-state index < -0.39 is 0 Å². The fourth-order valence-electron chi connectivity index (χ4n) is 1.94. The molecule has 1 aromatic rings. The molecule has 0 saturated carbocycles. The Morgan fingerprint density at radius 2 is 2.20 bits per heavy atom. The smallest absolute Gasteiger partial charge is 0.233 e. The Hall–Kier alpha value is -1.40. The number of benzene rings is 1. The molecule has 1 amide bonds. The summed E-state index contributed by atoms with van der Waals surface area (Å²) in [7, 11) is 0. The Morgan fingerprint density at radius 1 is 1.45 bits per heavy atom. The van der Waals surface area contributed by atoms with Crippen molar-refractivity contribution in [3.8, 4) is 5.75 Å². The van der Waals surface area contributed by atoms with Crippen molar-refractivity contribution < 1.29 is 14.3 Å². The summed E-state index contributed by atoms with van der Waals surface area (Å²) >= 11 is 1.45. The number of anilines is 1. The van der Waals surface area contributed by atoms with E-state index in [0.29, 0.717) is 44.4 Å². The van der Waals surface area contributed by atoms with Crippen LogP contribution in [-0.2, 0) is 9.53 Å². The first-order chi connectivity index (χ1) is 9.70. The van der Waals surface area contributed by atoms with Gasteiger partial charge < -0.3 is 20.1 Å². The quantitative estimate of drug-likeness (QED) is 0.661. The van der Waals surface area contributed by atoms with E-state index in [0.717, 1.165) is 10.6 Å². The number of morpholine rings is 1. The number of ether oxygens (including phenoxy) is 2. The number of carbonyl (C=O) groups is 1. The minimum Gasteiger partial charge on any atom is -0.494 e. The van der Waals surface area contributed by atoms with Gasteiger partial charge in [0, 0.05) is 23.7 Å². The molecule has 2 N–H and O–H groups in total. The summed E-state index contributed by atoms with van der Waals surface area (Å²) in [5.74, 6) is 1.29. The second-order valence-electron chi connectivity index (χ2n) is 4.41. The van der Waals surface area contributed by atoms with Crippen molar-refractivity contribution in [2.75, 3.05) is 44.4 Å². The van der Waals surface area contributed by atoms with Crippen molar-refractivity contribution in [3.05, 3.63) is 18.2 Å². The molecule has 1 fully saturated rings. The highest BCUT2D eigenvalue weighted by atomic mass is 32.2. The normalized spacial score (nSPS) is 15.2. The van der Waals surface area contributed by atoms with Gasteiger partial charge in [0.1, 0.15) is 5.75 Å². The van der Waals surface area contributed by atoms with E-state index in [1.54, 1.807) is 0 Å². The molecule has 1 saturated heterocycles. The van der Waals surface area contributed by atoms with Gasteiger partial charge in [-0.1, -0.05) is 0 Å². The minimum absolute atomic E-state index is 0.125. The fourth-order valence-corrected chi connectivity index (χ4v) is 2.84. The van der Waals surface area contributed by atoms with Gasteiger partial charge in [-0.3, -0.25) is 4.79 Å². The molecule has 1 aliphatic rings. The third kappa shape index (κ3) is 4.05. The number of amides is 1. The molecule has 1 heterocycles. The monoisotopic (exact) mass is 296 g/mol. The number of carbonyl (C=O) groups excluding carboxylic acids is 1. The maximum absolute atomic E-state index is 12.1. The van der Waals surface area contributed by atoms with Crippen LogP contribution in [0, 0.1) is 0 Å². The lowest BCUT2D eigenvalue weighted by Crippen LogP contribution is -2.41. The zero-order valence-corrected chi connectivity index (χ0v) is 12.4. The van der Waals surface area contributed by atoms with Gasteiger partial charge in [0.25, 0.3) is 0 Å². The summed E-state index contributed by atoms with van der Waals surface area (Å²) in [6.07, 6.45) is 0. The average Bonchev–Trinajstić information content (AvgIpc) is 2.48. The first-order valence-corrected chi connectivity index (χ1v) is 7.70. The minimum atomic E-state index is 0.125. The fraction of sp³-hybridized carbons (Fsp3) is 0.500. The van der Waals surface area contributed by atoms with E-state index in [4.69, 9.17) is 15.2 Å². The van der Waals surface area contributed by atoms with Crippen LogP contribution in [0.25, 0.3) is 0 Å². The second-order valence-corrected chi connectivity index (χ2v) is 5.43. The van der Waals surface area contributed by atoms with Crippen LogP contribution in [0.2, 0.25) is 0 Å². The zero-order valence-electron chi connectivity index (χ0n) is 11.6. The largest absolute Gasteiger partial charge is 0.494 e. The van der Waals surface area contributed by atoms with E-state index >= 15 is 0 Å². The van der Waals surface area contributed by atoms with Gasteiger partial charge in [-0.2, -0.15) is 0 Å². The molecular formula is C14H20N2O3S. The topological polar surface area (TPSA) is 64.8 Å². The molecule has 0 aromatic heterocycles. The molecule has 110 valence electrons. The highest BCUT2D eigenvalue weighted by Crippen LogP contribution is 2.29. The SMILES string of the molecule is CCOc1ccc(N)c(SCC(=O)N2CCOCC2)c1. The Balaban J connectivity index is 1.92. The molecule has 6 heteroatoms. The van der Waals surface area contributed by atoms with E-state index in [1.165, 1.54) is 11.8 Å². The number of thioether (sulfide) groups is 1. The van der Waals surface area contributed by atoms with Crippen LogP contribution in [-0.4, -0.2) is 49.5 Å². The summed E-state index contributed by atoms with van der Waals surface area (Å²) < 4.78 is 10.7. The molecule has 0 atom stereocenters. The van der Waals surface area contributed by atoms with Crippen LogP contribution in [0.5, 0.6) is 5.75 Å². The Labute approximate surface area is 123 Å². The first kappa shape index (κ1) is 15.0. The van der Waals surface area contributed by atoms with Crippen molar-refractivity contribution >= 4 is 23.4 Å². The van der Waals surface area contributed by atoms with Gasteiger partial charge >= 0.3 is 0 Å². The summed E-state index contributed by atoms with van der Waals surface area (Å²) in [4.78, 5) is 14.8. The molecule has 0 spiro atoms. The van der Waals surface area contributed by atoms with Crippen molar-refractivity contribution in [1.29, 1.82) is 0 Å². The van der Waals surface area contributed by atoms with Gasteiger partial charge in [0.05, 0.1) is 25.6 Å². The summed E-state index contributed by atoms with van der Waals surface area (Å²) in [5, 5.41) is 0. The van der Waals surface area contributed by atoms with Crippen molar-refractivity contribution in [1.82, 2.24) is 4.90 Å². The average molecular weight is 296 g/mol. The zero-order chi connectivity index (χ0) is 14.4. The highest BCUT2D eigenvalue weighted by Gasteiger charge is 2.17. The van der Waals surface area contributed by atoms with Gasteiger partial charge in [-0.15, -0.1) is 11.8 Å². The molecule has 5 nitrogen and oxygen atoms in total. The molecule has 0 aliphatic carbocycles. The molecule has 2 rings (SSSR count). The van der Waals surface area contributed by atoms with E-state index in [9.17, 15) is 4.79 Å². The predicted octanol–water partition coefficient (Wildman–Crippen LogP) is 1.62. The molecule has 20 heavy (non-hydrogen) atoms. The maximum Gasteiger partial charge on any atom is 0.233 e. The molecule has 1 aromatic carbocycles. The Kier molecular flexibility index (Phi) is 5.55. The molecule has 0 radical (unpaired) electrons. The molecular weight excluding hydrogens is 276 g/mol. The molecule has 1 aliphatic heterocycles. The third-order valence-corrected chi connectivity index (χ3v) is 4.07. The number of hydrogen-bond donors (Lipinski definition) is 1. The van der Waals surface area contributed by atoms with Gasteiger partial charge in [-0.25, -0.2) is 0 Å². The van der Waals surface area contributed by atoms with Gasteiger partial charge in [0.15, 0.2) is 0 Å². The second kappa shape index (κ2) is 7.40. The summed E-state index contributed by atoms with van der Waals surface area (Å²) in [6.45, 7) is 5.14. The van der Waals surface area contributed by atoms with Crippen LogP contribution in [0.15, 0.2) is 23.1 Å². The molecule has 0 unspecified atom stereocenters. The van der Waals surface area contributed by atoms with E-state index in [2.05, 4.69) is 0 Å². The number of nitrogens with two attached hydrogens (primary N) is 1. The lowest BCUT2D eigenvalue weighted by atomic mass is 10.3. The Morgan fingerprint density at radius 3 is 2.90 bits per heavy atom. The van der Waals surface area contributed by atoms with Crippen LogP contribution < -0.4 is 10.5 Å². The number of hydrogen-bond acceptors (Lipinski definition) is 5. The number of rotatable bonds is 5. The van der Waals surface area contributed by atoms with Gasteiger partial charge in [-0.05, 0) is 25.1 Å². The third-order valence-electron chi connectivity index (χ3n) is 3.01. The maximum atomic E-state index is 12.1. The molecule has 0 bridgehead atoms. The summed E-state index contributed by atoms with van der Waals surface area (Å²) in [5.41, 5.74) is 6.60. The van der Waals surface area contributed by atoms with Crippen molar-refractivity contribution in [2.45, 2.75) is 11.8 Å². The van der Waals surface area contributed by atoms with Crippen LogP contribution in [0.4, 0.5) is 5.69 Å². The summed E-state index contributed by atoms with van der Waals surface area (Å²) in [6, 6.07) is 5.54. The van der Waals surface area contributed by atoms with Crippen molar-refractivity contribution in [3.63, 3.8) is 0 Å². The predicted molar refractivity (Wildman–Crippen MR) is 80.1 cm³/mol. The van der Waals surface area contributed by atoms with Crippen LogP contribution >= 0.6 is 11.8 Å². The van der Waals surface area contributed by atoms with E-state index in [1.807, 2.05) is 30.0 Å². The number of nitrogen functional groups attached to an aromatic ring is 1. The lowest BCUT2D eigenvalue weighted by Gasteiger charge is -2.26. The van der Waals surface area contributed by atoms with Crippen LogP contribution in [0.1, 0.15) is 6.92 Å². The standard InChI is InChI=1S/C14H20N2O3S/c1-2-19-11-3-4-12(15)13(9-11)20-10-14(17)16-5-7-18-8-6-16/h3-4,9H,2,5-8,10,15H2,1H3. The highest BCUT2D eigenvalue weighted by molar-refractivity contribution is 8.00. The van der Waals surface area contributed by atoms with Crippen molar-refractivity contribution in [2.24, 2.45) is 0 Å². The van der Waals surface area contributed by atoms with Crippen LogP contribution in [0.3, 0.4) is 0 Å². The lowest BCUT2D eigenvalue weighted by molar-refractivity contribution is -0.132. The Bertz CT molecular complexity index is 462. The van der Waals surface area contributed by atoms with E-state index in [-0.39, 0.29) is 5.91 Å². The first-order valence-electron chi connectivity index (χ1n) is 6.71. The van der Waals surface area contributed by atoms with Gasteiger partial charge in [0.2, 0.25) is 5.91 Å². The number of nitrogens with zero attached hydrogens (tertiary/aromatic N) is 1.